The van der Waals surface area contributed by atoms with Gasteiger partial charge in [0.2, 0.25) is 0 Å². The highest BCUT2D eigenvalue weighted by Gasteiger charge is 2.30. The molecule has 0 aliphatic heterocycles. The molecule has 0 atom stereocenters. The monoisotopic (exact) mass is 418 g/mol. The first-order chi connectivity index (χ1) is 13.3. The van der Waals surface area contributed by atoms with Crippen LogP contribution in [0.15, 0.2) is 48.5 Å². The molecule has 0 saturated carbocycles. The number of unbranched alkanes of at least 4 members (excludes halogenated alkanes) is 4. The van der Waals surface area contributed by atoms with Gasteiger partial charge in [0.15, 0.2) is 0 Å². The van der Waals surface area contributed by atoms with Crippen molar-refractivity contribution in [1.82, 2.24) is 0 Å². The SMILES string of the molecule is CCCCCCC.COc1cccc(C(F)(F)F)c1.COc1cccc(Cl)c1. The summed E-state index contributed by atoms with van der Waals surface area (Å²) >= 11 is 5.64. The summed E-state index contributed by atoms with van der Waals surface area (Å²) in [5.74, 6) is 1.01. The summed E-state index contributed by atoms with van der Waals surface area (Å²) in [6.07, 6.45) is 2.71. The standard InChI is InChI=1S/C8H7F3O.C7H7ClO.C7H16/c1-12-7-4-2-3-6(5-7)8(9,10)11;1-9-7-4-2-3-6(8)5-7;1-3-5-7-6-4-2/h2-5H,1H3;2-5H,1H3;3-7H2,1-2H3. The fourth-order valence-electron chi connectivity index (χ4n) is 2.07. The minimum atomic E-state index is -4.30. The molecule has 0 aliphatic rings. The van der Waals surface area contributed by atoms with E-state index in [0.717, 1.165) is 17.9 Å². The molecule has 0 saturated heterocycles. The molecule has 0 amide bonds. The Morgan fingerprint density at radius 1 is 0.786 bits per heavy atom. The highest BCUT2D eigenvalue weighted by Crippen LogP contribution is 2.31. The maximum atomic E-state index is 12.0. The summed E-state index contributed by atoms with van der Waals surface area (Å²) in [7, 11) is 2.95. The van der Waals surface area contributed by atoms with E-state index in [1.54, 1.807) is 13.2 Å². The van der Waals surface area contributed by atoms with E-state index in [2.05, 4.69) is 18.6 Å². The Balaban J connectivity index is 0.000000408. The Morgan fingerprint density at radius 3 is 1.68 bits per heavy atom. The lowest BCUT2D eigenvalue weighted by atomic mass is 10.2. The quantitative estimate of drug-likeness (QED) is 0.442. The summed E-state index contributed by atoms with van der Waals surface area (Å²) in [5.41, 5.74) is -0.693. The molecule has 0 unspecified atom stereocenters. The first-order valence-corrected chi connectivity index (χ1v) is 9.67. The van der Waals surface area contributed by atoms with Gasteiger partial charge in [-0.05, 0) is 36.4 Å². The first-order valence-electron chi connectivity index (χ1n) is 9.29. The molecule has 0 N–H and O–H groups in total. The third-order valence-electron chi connectivity index (χ3n) is 3.64. The molecule has 0 heterocycles. The van der Waals surface area contributed by atoms with Crippen molar-refractivity contribution in [1.29, 1.82) is 0 Å². The van der Waals surface area contributed by atoms with Gasteiger partial charge in [0, 0.05) is 5.02 Å². The van der Waals surface area contributed by atoms with Crippen LogP contribution in [-0.2, 0) is 6.18 Å². The third-order valence-corrected chi connectivity index (χ3v) is 3.87. The first kappa shape index (κ1) is 26.1. The van der Waals surface area contributed by atoms with Crippen molar-refractivity contribution in [3.05, 3.63) is 59.1 Å². The van der Waals surface area contributed by atoms with Crippen LogP contribution in [0.4, 0.5) is 13.2 Å². The van der Waals surface area contributed by atoms with Gasteiger partial charge in [-0.3, -0.25) is 0 Å². The fourth-order valence-corrected chi connectivity index (χ4v) is 2.25. The molecule has 0 radical (unpaired) electrons. The Hall–Kier alpha value is -1.88. The van der Waals surface area contributed by atoms with E-state index in [1.165, 1.54) is 51.3 Å². The molecule has 0 aliphatic carbocycles. The Bertz CT molecular complexity index is 642. The van der Waals surface area contributed by atoms with Crippen LogP contribution in [0, 0.1) is 0 Å². The maximum Gasteiger partial charge on any atom is 0.416 e. The third kappa shape index (κ3) is 12.5. The predicted octanol–water partition coefficient (Wildman–Crippen LogP) is 8.04. The number of alkyl halides is 3. The average Bonchev–Trinajstić information content (AvgIpc) is 2.69. The molecule has 0 bridgehead atoms. The van der Waals surface area contributed by atoms with Gasteiger partial charge in [-0.2, -0.15) is 13.2 Å². The largest absolute Gasteiger partial charge is 0.497 e. The summed E-state index contributed by atoms with van der Waals surface area (Å²) in [5, 5.41) is 0.703. The molecule has 2 aromatic carbocycles. The summed E-state index contributed by atoms with van der Waals surface area (Å²) in [6.45, 7) is 4.49. The Kier molecular flexibility index (Phi) is 14.1. The Labute approximate surface area is 171 Å². The van der Waals surface area contributed by atoms with Crippen LogP contribution < -0.4 is 9.47 Å². The summed E-state index contributed by atoms with van der Waals surface area (Å²) in [6, 6.07) is 12.0. The molecule has 2 aromatic rings. The lowest BCUT2D eigenvalue weighted by Gasteiger charge is -2.07. The van der Waals surface area contributed by atoms with E-state index in [9.17, 15) is 13.2 Å². The maximum absolute atomic E-state index is 12.0. The van der Waals surface area contributed by atoms with Crippen molar-refractivity contribution < 1.29 is 22.6 Å². The Morgan fingerprint density at radius 2 is 1.29 bits per heavy atom. The van der Waals surface area contributed by atoms with E-state index in [4.69, 9.17) is 16.3 Å². The normalized spacial score (nSPS) is 10.1. The molecule has 0 fully saturated rings. The van der Waals surface area contributed by atoms with Crippen molar-refractivity contribution >= 4 is 11.6 Å². The number of hydrogen-bond acceptors (Lipinski definition) is 2. The van der Waals surface area contributed by atoms with Gasteiger partial charge in [-0.25, -0.2) is 0 Å². The number of rotatable bonds is 6. The molecule has 158 valence electrons. The minimum absolute atomic E-state index is 0.213. The van der Waals surface area contributed by atoms with Gasteiger partial charge in [-0.15, -0.1) is 0 Å². The molecule has 0 aromatic heterocycles. The molecular formula is C22H30ClF3O2. The van der Waals surface area contributed by atoms with E-state index in [0.29, 0.717) is 5.02 Å². The molecule has 28 heavy (non-hydrogen) atoms. The van der Waals surface area contributed by atoms with Crippen LogP contribution in [0.25, 0.3) is 0 Å². The second kappa shape index (κ2) is 15.1. The van der Waals surface area contributed by atoms with Crippen LogP contribution in [0.3, 0.4) is 0 Å². The zero-order valence-corrected chi connectivity index (χ0v) is 17.7. The topological polar surface area (TPSA) is 18.5 Å². The molecule has 0 spiro atoms. The van der Waals surface area contributed by atoms with Gasteiger partial charge in [0.25, 0.3) is 0 Å². The lowest BCUT2D eigenvalue weighted by molar-refractivity contribution is -0.137. The van der Waals surface area contributed by atoms with Gasteiger partial charge >= 0.3 is 6.18 Å². The highest BCUT2D eigenvalue weighted by molar-refractivity contribution is 6.30. The van der Waals surface area contributed by atoms with E-state index < -0.39 is 11.7 Å². The predicted molar refractivity (Wildman–Crippen MR) is 110 cm³/mol. The van der Waals surface area contributed by atoms with Gasteiger partial charge < -0.3 is 9.47 Å². The number of halogens is 4. The number of hydrogen-bond donors (Lipinski definition) is 0. The molecule has 2 nitrogen and oxygen atoms in total. The highest BCUT2D eigenvalue weighted by atomic mass is 35.5. The van der Waals surface area contributed by atoms with Crippen molar-refractivity contribution in [2.45, 2.75) is 52.1 Å². The van der Waals surface area contributed by atoms with E-state index >= 15 is 0 Å². The van der Waals surface area contributed by atoms with Gasteiger partial charge in [-0.1, -0.05) is 69.7 Å². The summed E-state index contributed by atoms with van der Waals surface area (Å²) < 4.78 is 45.7. The van der Waals surface area contributed by atoms with Gasteiger partial charge in [0.1, 0.15) is 11.5 Å². The zero-order chi connectivity index (χ0) is 21.4. The van der Waals surface area contributed by atoms with Crippen LogP contribution in [0.5, 0.6) is 11.5 Å². The van der Waals surface area contributed by atoms with Crippen LogP contribution >= 0.6 is 11.6 Å². The van der Waals surface area contributed by atoms with Crippen LogP contribution in [0.2, 0.25) is 5.02 Å². The second-order valence-corrected chi connectivity index (χ2v) is 6.39. The number of methoxy groups -OCH3 is 2. The molecule has 6 heteroatoms. The minimum Gasteiger partial charge on any atom is -0.497 e. The second-order valence-electron chi connectivity index (χ2n) is 5.95. The summed E-state index contributed by atoms with van der Waals surface area (Å²) in [4.78, 5) is 0. The van der Waals surface area contributed by atoms with Crippen molar-refractivity contribution in [3.63, 3.8) is 0 Å². The molecular weight excluding hydrogens is 389 g/mol. The lowest BCUT2D eigenvalue weighted by Crippen LogP contribution is -2.04. The fraction of sp³-hybridized carbons (Fsp3) is 0.455. The van der Waals surface area contributed by atoms with E-state index in [1.807, 2.05) is 18.2 Å². The smallest absolute Gasteiger partial charge is 0.416 e. The van der Waals surface area contributed by atoms with Crippen molar-refractivity contribution in [2.24, 2.45) is 0 Å². The average molecular weight is 419 g/mol. The van der Waals surface area contributed by atoms with Crippen LogP contribution in [0.1, 0.15) is 51.5 Å². The number of benzene rings is 2. The van der Waals surface area contributed by atoms with Crippen molar-refractivity contribution in [2.75, 3.05) is 14.2 Å². The zero-order valence-electron chi connectivity index (χ0n) is 17.0. The van der Waals surface area contributed by atoms with E-state index in [-0.39, 0.29) is 5.75 Å². The van der Waals surface area contributed by atoms with Crippen LogP contribution in [-0.4, -0.2) is 14.2 Å². The number of ether oxygens (including phenoxy) is 2. The van der Waals surface area contributed by atoms with Gasteiger partial charge in [0.05, 0.1) is 19.8 Å². The molecule has 2 rings (SSSR count). The van der Waals surface area contributed by atoms with Crippen molar-refractivity contribution in [3.8, 4) is 11.5 Å².